The molecule has 33 heavy (non-hydrogen) atoms. The van der Waals surface area contributed by atoms with E-state index in [2.05, 4.69) is 14.9 Å². The normalized spacial score (nSPS) is 19.5. The summed E-state index contributed by atoms with van der Waals surface area (Å²) in [5.74, 6) is -2.38. The van der Waals surface area contributed by atoms with Gasteiger partial charge in [0.25, 0.3) is 5.91 Å². The van der Waals surface area contributed by atoms with Gasteiger partial charge in [0.2, 0.25) is 0 Å². The Morgan fingerprint density at radius 2 is 2.09 bits per heavy atom. The van der Waals surface area contributed by atoms with Crippen molar-refractivity contribution in [2.24, 2.45) is 0 Å². The molecule has 0 spiro atoms. The lowest BCUT2D eigenvalue weighted by Crippen LogP contribution is -2.31. The number of anilines is 1. The molecule has 0 radical (unpaired) electrons. The molecule has 168 valence electrons. The van der Waals surface area contributed by atoms with Crippen molar-refractivity contribution in [3.05, 3.63) is 77.1 Å². The molecule has 7 nitrogen and oxygen atoms in total. The number of Topliss-reactive ketones (excluding diaryl/α,β-unsaturated/α-hetero) is 1. The summed E-state index contributed by atoms with van der Waals surface area (Å²) >= 11 is 0. The number of H-pyrrole nitrogens is 1. The standard InChI is InChI=1S/C25H23FN4O3/c1-14(31)21-23(18-5-3-4-17(22(18)26)15-8-10-29(2)11-9-15)30(25(33)24(21)32)16-6-7-19-20(12-16)28-13-27-19/h3-8,12-13,23,32H,9-11H2,1-2H3,(H,27,28). The number of nitrogens with zero attached hydrogens (tertiary/aromatic N) is 3. The van der Waals surface area contributed by atoms with Crippen LogP contribution in [0.4, 0.5) is 10.1 Å². The van der Waals surface area contributed by atoms with Gasteiger partial charge in [-0.1, -0.05) is 24.3 Å². The summed E-state index contributed by atoms with van der Waals surface area (Å²) < 4.78 is 16.0. The lowest BCUT2D eigenvalue weighted by atomic mass is 9.91. The molecule has 0 saturated heterocycles. The highest BCUT2D eigenvalue weighted by atomic mass is 19.1. The van der Waals surface area contributed by atoms with Crippen molar-refractivity contribution in [1.29, 1.82) is 0 Å². The maximum absolute atomic E-state index is 16.0. The number of amides is 1. The number of aliphatic hydroxyl groups is 1. The third-order valence-corrected chi connectivity index (χ3v) is 6.35. The number of ketones is 1. The van der Waals surface area contributed by atoms with Crippen LogP contribution in [0.25, 0.3) is 16.6 Å². The minimum absolute atomic E-state index is 0.113. The highest BCUT2D eigenvalue weighted by molar-refractivity contribution is 6.16. The fourth-order valence-corrected chi connectivity index (χ4v) is 4.62. The summed E-state index contributed by atoms with van der Waals surface area (Å²) in [5, 5.41) is 10.6. The molecule has 1 atom stereocenters. The van der Waals surface area contributed by atoms with Crippen molar-refractivity contribution in [2.75, 3.05) is 25.0 Å². The second kappa shape index (κ2) is 7.97. The number of hydrogen-bond donors (Lipinski definition) is 2. The summed E-state index contributed by atoms with van der Waals surface area (Å²) in [5.41, 5.74) is 3.20. The molecule has 2 N–H and O–H groups in total. The first kappa shape index (κ1) is 21.1. The van der Waals surface area contributed by atoms with Crippen molar-refractivity contribution >= 4 is 34.0 Å². The van der Waals surface area contributed by atoms with Crippen molar-refractivity contribution in [3.8, 4) is 0 Å². The molecule has 0 saturated carbocycles. The Kier molecular flexibility index (Phi) is 5.09. The summed E-state index contributed by atoms with van der Waals surface area (Å²) in [7, 11) is 2.01. The maximum Gasteiger partial charge on any atom is 0.294 e. The number of fused-ring (bicyclic) bond motifs is 1. The number of carbonyl (C=O) groups excluding carboxylic acids is 2. The van der Waals surface area contributed by atoms with Gasteiger partial charge < -0.3 is 15.0 Å². The summed E-state index contributed by atoms with van der Waals surface area (Å²) in [4.78, 5) is 36.2. The molecule has 3 heterocycles. The second-order valence-electron chi connectivity index (χ2n) is 8.45. The van der Waals surface area contributed by atoms with Gasteiger partial charge in [-0.15, -0.1) is 0 Å². The number of imidazole rings is 1. The van der Waals surface area contributed by atoms with Crippen LogP contribution < -0.4 is 4.90 Å². The molecule has 1 aromatic heterocycles. The fraction of sp³-hybridized carbons (Fsp3) is 0.240. The predicted octanol–water partition coefficient (Wildman–Crippen LogP) is 3.91. The zero-order chi connectivity index (χ0) is 23.3. The zero-order valence-electron chi connectivity index (χ0n) is 18.3. The third-order valence-electron chi connectivity index (χ3n) is 6.35. The van der Waals surface area contributed by atoms with Gasteiger partial charge in [-0.25, -0.2) is 9.37 Å². The maximum atomic E-state index is 16.0. The molecule has 2 aliphatic rings. The highest BCUT2D eigenvalue weighted by Crippen LogP contribution is 2.43. The van der Waals surface area contributed by atoms with E-state index in [1.54, 1.807) is 36.4 Å². The van der Waals surface area contributed by atoms with Crippen LogP contribution in [0.15, 0.2) is 60.1 Å². The van der Waals surface area contributed by atoms with E-state index in [0.29, 0.717) is 28.7 Å². The number of hydrogen-bond acceptors (Lipinski definition) is 5. The lowest BCUT2D eigenvalue weighted by Gasteiger charge is -2.28. The van der Waals surface area contributed by atoms with Gasteiger partial charge in [-0.2, -0.15) is 0 Å². The van der Waals surface area contributed by atoms with E-state index in [-0.39, 0.29) is 11.1 Å². The van der Waals surface area contributed by atoms with Gasteiger partial charge in [-0.05, 0) is 44.2 Å². The van der Waals surface area contributed by atoms with Crippen LogP contribution in [0.2, 0.25) is 0 Å². The smallest absolute Gasteiger partial charge is 0.294 e. The monoisotopic (exact) mass is 446 g/mol. The molecule has 5 rings (SSSR count). The molecule has 8 heteroatoms. The average molecular weight is 446 g/mol. The van der Waals surface area contributed by atoms with Crippen LogP contribution >= 0.6 is 0 Å². The van der Waals surface area contributed by atoms with Crippen LogP contribution in [0.5, 0.6) is 0 Å². The molecular weight excluding hydrogens is 423 g/mol. The third kappa shape index (κ3) is 3.43. The minimum Gasteiger partial charge on any atom is -0.503 e. The van der Waals surface area contributed by atoms with E-state index >= 15 is 4.39 Å². The molecule has 2 aliphatic heterocycles. The summed E-state index contributed by atoms with van der Waals surface area (Å²) in [6, 6.07) is 9.02. The first-order valence-corrected chi connectivity index (χ1v) is 10.7. The van der Waals surface area contributed by atoms with Crippen molar-refractivity contribution in [2.45, 2.75) is 19.4 Å². The average Bonchev–Trinajstić information content (AvgIpc) is 3.36. The Bertz CT molecular complexity index is 1360. The fourth-order valence-electron chi connectivity index (χ4n) is 4.62. The van der Waals surface area contributed by atoms with Crippen LogP contribution in [-0.2, 0) is 9.59 Å². The second-order valence-corrected chi connectivity index (χ2v) is 8.45. The number of aromatic amines is 1. The Balaban J connectivity index is 1.67. The number of aromatic nitrogens is 2. The summed E-state index contributed by atoms with van der Waals surface area (Å²) in [6.07, 6.45) is 4.23. The van der Waals surface area contributed by atoms with Crippen LogP contribution in [-0.4, -0.2) is 51.8 Å². The molecule has 1 unspecified atom stereocenters. The topological polar surface area (TPSA) is 89.5 Å². The van der Waals surface area contributed by atoms with Crippen LogP contribution in [0.1, 0.15) is 30.5 Å². The van der Waals surface area contributed by atoms with Gasteiger partial charge in [0.05, 0.1) is 29.0 Å². The number of aliphatic hydroxyl groups excluding tert-OH is 1. The Hall–Kier alpha value is -3.78. The zero-order valence-corrected chi connectivity index (χ0v) is 18.3. The lowest BCUT2D eigenvalue weighted by molar-refractivity contribution is -0.117. The van der Waals surface area contributed by atoms with E-state index in [9.17, 15) is 14.7 Å². The van der Waals surface area contributed by atoms with Crippen molar-refractivity contribution < 1.29 is 19.1 Å². The van der Waals surface area contributed by atoms with Gasteiger partial charge in [0, 0.05) is 29.9 Å². The van der Waals surface area contributed by atoms with Gasteiger partial charge in [-0.3, -0.25) is 14.5 Å². The van der Waals surface area contributed by atoms with Gasteiger partial charge in [0.1, 0.15) is 5.82 Å². The first-order valence-electron chi connectivity index (χ1n) is 10.7. The minimum atomic E-state index is -1.08. The Labute approximate surface area is 189 Å². The largest absolute Gasteiger partial charge is 0.503 e. The first-order chi connectivity index (χ1) is 15.9. The number of rotatable bonds is 4. The SMILES string of the molecule is CC(=O)C1=C(O)C(=O)N(c2ccc3nc[nH]c3c2)C1c1cccc(C2=CCN(C)CC2)c1F. The number of nitrogens with one attached hydrogen (secondary N) is 1. The van der Waals surface area contributed by atoms with E-state index in [0.717, 1.165) is 18.7 Å². The summed E-state index contributed by atoms with van der Waals surface area (Å²) in [6.45, 7) is 2.80. The van der Waals surface area contributed by atoms with Crippen molar-refractivity contribution in [1.82, 2.24) is 14.9 Å². The number of benzene rings is 2. The molecule has 3 aromatic rings. The highest BCUT2D eigenvalue weighted by Gasteiger charge is 2.44. The number of carbonyl (C=O) groups is 2. The van der Waals surface area contributed by atoms with E-state index in [1.165, 1.54) is 18.2 Å². The Morgan fingerprint density at radius 1 is 1.27 bits per heavy atom. The van der Waals surface area contributed by atoms with E-state index in [1.807, 2.05) is 13.1 Å². The van der Waals surface area contributed by atoms with Crippen LogP contribution in [0, 0.1) is 5.82 Å². The number of halogens is 1. The number of likely N-dealkylation sites (N-methyl/N-ethyl adjacent to an activating group) is 1. The molecule has 2 aromatic carbocycles. The van der Waals surface area contributed by atoms with E-state index in [4.69, 9.17) is 0 Å². The van der Waals surface area contributed by atoms with Gasteiger partial charge >= 0.3 is 0 Å². The molecular formula is C25H23FN4O3. The van der Waals surface area contributed by atoms with Crippen molar-refractivity contribution in [3.63, 3.8) is 0 Å². The molecule has 0 bridgehead atoms. The quantitative estimate of drug-likeness (QED) is 0.634. The molecule has 0 aliphatic carbocycles. The predicted molar refractivity (Wildman–Crippen MR) is 123 cm³/mol. The van der Waals surface area contributed by atoms with Gasteiger partial charge in [0.15, 0.2) is 11.5 Å². The Morgan fingerprint density at radius 3 is 2.82 bits per heavy atom. The molecule has 1 amide bonds. The van der Waals surface area contributed by atoms with Crippen LogP contribution in [0.3, 0.4) is 0 Å². The van der Waals surface area contributed by atoms with E-state index < -0.39 is 29.3 Å². The molecule has 0 fully saturated rings.